The summed E-state index contributed by atoms with van der Waals surface area (Å²) in [6.07, 6.45) is 0. The van der Waals surface area contributed by atoms with Gasteiger partial charge in [0.15, 0.2) is 0 Å². The SMILES string of the molecule is Nc1ccc(CNCc2ccsc2)cc1. The van der Waals surface area contributed by atoms with E-state index in [4.69, 9.17) is 5.73 Å². The third-order valence-corrected chi connectivity index (χ3v) is 2.95. The van der Waals surface area contributed by atoms with E-state index in [0.29, 0.717) is 0 Å². The van der Waals surface area contributed by atoms with E-state index in [1.807, 2.05) is 12.1 Å². The molecule has 1 aromatic heterocycles. The number of benzene rings is 1. The monoisotopic (exact) mass is 218 g/mol. The molecule has 0 fully saturated rings. The number of hydrogen-bond acceptors (Lipinski definition) is 3. The fourth-order valence-corrected chi connectivity index (χ4v) is 2.05. The minimum atomic E-state index is 0.816. The zero-order valence-corrected chi connectivity index (χ0v) is 9.26. The van der Waals surface area contributed by atoms with Gasteiger partial charge in [0.1, 0.15) is 0 Å². The van der Waals surface area contributed by atoms with Crippen molar-refractivity contribution >= 4 is 17.0 Å². The van der Waals surface area contributed by atoms with Crippen LogP contribution in [-0.4, -0.2) is 0 Å². The fraction of sp³-hybridized carbons (Fsp3) is 0.167. The van der Waals surface area contributed by atoms with Crippen LogP contribution < -0.4 is 11.1 Å². The van der Waals surface area contributed by atoms with Crippen molar-refractivity contribution in [1.82, 2.24) is 5.32 Å². The molecule has 0 aliphatic carbocycles. The van der Waals surface area contributed by atoms with Crippen LogP contribution >= 0.6 is 11.3 Å². The average Bonchev–Trinajstić information content (AvgIpc) is 2.74. The molecule has 0 spiro atoms. The van der Waals surface area contributed by atoms with Crippen LogP contribution in [-0.2, 0) is 13.1 Å². The molecule has 2 rings (SSSR count). The smallest absolute Gasteiger partial charge is 0.0314 e. The Morgan fingerprint density at radius 3 is 2.40 bits per heavy atom. The third-order valence-electron chi connectivity index (χ3n) is 2.22. The van der Waals surface area contributed by atoms with Crippen molar-refractivity contribution in [3.63, 3.8) is 0 Å². The first-order chi connectivity index (χ1) is 7.34. The van der Waals surface area contributed by atoms with Gasteiger partial charge in [0.2, 0.25) is 0 Å². The molecule has 1 aromatic carbocycles. The quantitative estimate of drug-likeness (QED) is 0.774. The van der Waals surface area contributed by atoms with Crippen molar-refractivity contribution in [1.29, 1.82) is 0 Å². The highest BCUT2D eigenvalue weighted by molar-refractivity contribution is 7.07. The summed E-state index contributed by atoms with van der Waals surface area (Å²) in [6, 6.07) is 10.1. The van der Waals surface area contributed by atoms with Crippen LogP contribution in [0.5, 0.6) is 0 Å². The Labute approximate surface area is 93.7 Å². The lowest BCUT2D eigenvalue weighted by Crippen LogP contribution is -2.11. The Balaban J connectivity index is 1.81. The van der Waals surface area contributed by atoms with Gasteiger partial charge in [0.05, 0.1) is 0 Å². The molecule has 1 heterocycles. The van der Waals surface area contributed by atoms with Gasteiger partial charge in [-0.05, 0) is 40.1 Å². The van der Waals surface area contributed by atoms with Gasteiger partial charge in [-0.15, -0.1) is 0 Å². The van der Waals surface area contributed by atoms with E-state index in [2.05, 4.69) is 34.3 Å². The van der Waals surface area contributed by atoms with Gasteiger partial charge < -0.3 is 11.1 Å². The number of nitrogens with two attached hydrogens (primary N) is 1. The summed E-state index contributed by atoms with van der Waals surface area (Å²) < 4.78 is 0. The molecule has 78 valence electrons. The summed E-state index contributed by atoms with van der Waals surface area (Å²) in [6.45, 7) is 1.81. The van der Waals surface area contributed by atoms with Crippen LogP contribution in [0.4, 0.5) is 5.69 Å². The second-order valence-corrected chi connectivity index (χ2v) is 4.26. The zero-order chi connectivity index (χ0) is 10.5. The Kier molecular flexibility index (Phi) is 3.37. The Bertz CT molecular complexity index is 392. The molecule has 0 aliphatic heterocycles. The van der Waals surface area contributed by atoms with Crippen molar-refractivity contribution in [2.75, 3.05) is 5.73 Å². The highest BCUT2D eigenvalue weighted by Crippen LogP contribution is 2.07. The minimum absolute atomic E-state index is 0.816. The average molecular weight is 218 g/mol. The molecule has 0 saturated heterocycles. The maximum absolute atomic E-state index is 5.61. The molecule has 0 unspecified atom stereocenters. The van der Waals surface area contributed by atoms with Crippen molar-refractivity contribution in [3.8, 4) is 0 Å². The molecule has 0 saturated carbocycles. The van der Waals surface area contributed by atoms with E-state index in [9.17, 15) is 0 Å². The predicted octanol–water partition coefficient (Wildman–Crippen LogP) is 2.62. The fourth-order valence-electron chi connectivity index (χ4n) is 1.38. The number of anilines is 1. The lowest BCUT2D eigenvalue weighted by molar-refractivity contribution is 0.695. The third kappa shape index (κ3) is 3.08. The molecule has 2 nitrogen and oxygen atoms in total. The molecule has 0 bridgehead atoms. The van der Waals surface area contributed by atoms with Crippen LogP contribution in [0.3, 0.4) is 0 Å². The van der Waals surface area contributed by atoms with E-state index in [1.54, 1.807) is 11.3 Å². The zero-order valence-electron chi connectivity index (χ0n) is 8.44. The normalized spacial score (nSPS) is 10.4. The molecule has 0 radical (unpaired) electrons. The van der Waals surface area contributed by atoms with E-state index >= 15 is 0 Å². The summed E-state index contributed by atoms with van der Waals surface area (Å²) in [5.41, 5.74) is 9.04. The standard InChI is InChI=1S/C12H14N2S/c13-12-3-1-10(2-4-12)7-14-8-11-5-6-15-9-11/h1-6,9,14H,7-8,13H2. The van der Waals surface area contributed by atoms with Crippen molar-refractivity contribution in [2.45, 2.75) is 13.1 Å². The molecule has 0 amide bonds. The van der Waals surface area contributed by atoms with Gasteiger partial charge in [0, 0.05) is 18.8 Å². The highest BCUT2D eigenvalue weighted by Gasteiger charge is 1.94. The van der Waals surface area contributed by atoms with Crippen LogP contribution in [0, 0.1) is 0 Å². The number of nitrogens with one attached hydrogen (secondary N) is 1. The minimum Gasteiger partial charge on any atom is -0.399 e. The summed E-state index contributed by atoms with van der Waals surface area (Å²) in [5.74, 6) is 0. The van der Waals surface area contributed by atoms with E-state index in [-0.39, 0.29) is 0 Å². The van der Waals surface area contributed by atoms with E-state index < -0.39 is 0 Å². The Hall–Kier alpha value is -1.32. The number of hydrogen-bond donors (Lipinski definition) is 2. The largest absolute Gasteiger partial charge is 0.399 e. The maximum atomic E-state index is 5.61. The maximum Gasteiger partial charge on any atom is 0.0314 e. The van der Waals surface area contributed by atoms with Gasteiger partial charge >= 0.3 is 0 Å². The molecular weight excluding hydrogens is 204 g/mol. The number of nitrogen functional groups attached to an aromatic ring is 1. The van der Waals surface area contributed by atoms with E-state index in [0.717, 1.165) is 18.8 Å². The first-order valence-corrected chi connectivity index (χ1v) is 5.85. The number of thiophene rings is 1. The van der Waals surface area contributed by atoms with Gasteiger partial charge in [-0.2, -0.15) is 11.3 Å². The van der Waals surface area contributed by atoms with Crippen LogP contribution in [0.2, 0.25) is 0 Å². The second kappa shape index (κ2) is 4.96. The topological polar surface area (TPSA) is 38.0 Å². The first-order valence-electron chi connectivity index (χ1n) is 4.91. The van der Waals surface area contributed by atoms with Gasteiger partial charge in [0.25, 0.3) is 0 Å². The van der Waals surface area contributed by atoms with Gasteiger partial charge in [-0.25, -0.2) is 0 Å². The first kappa shape index (κ1) is 10.2. The van der Waals surface area contributed by atoms with Crippen LogP contribution in [0.25, 0.3) is 0 Å². The van der Waals surface area contributed by atoms with E-state index in [1.165, 1.54) is 11.1 Å². The molecule has 0 aliphatic rings. The Morgan fingerprint density at radius 2 is 1.73 bits per heavy atom. The second-order valence-electron chi connectivity index (χ2n) is 3.48. The van der Waals surface area contributed by atoms with Gasteiger partial charge in [-0.3, -0.25) is 0 Å². The summed E-state index contributed by atoms with van der Waals surface area (Å²) >= 11 is 1.73. The Morgan fingerprint density at radius 1 is 1.00 bits per heavy atom. The van der Waals surface area contributed by atoms with Crippen LogP contribution in [0.1, 0.15) is 11.1 Å². The predicted molar refractivity (Wildman–Crippen MR) is 65.7 cm³/mol. The highest BCUT2D eigenvalue weighted by atomic mass is 32.1. The molecule has 2 aromatic rings. The number of rotatable bonds is 4. The molecular formula is C12H14N2S. The van der Waals surface area contributed by atoms with Crippen LogP contribution in [0.15, 0.2) is 41.1 Å². The lowest BCUT2D eigenvalue weighted by atomic mass is 10.2. The molecule has 0 atom stereocenters. The lowest BCUT2D eigenvalue weighted by Gasteiger charge is -2.03. The summed E-state index contributed by atoms with van der Waals surface area (Å²) in [7, 11) is 0. The summed E-state index contributed by atoms with van der Waals surface area (Å²) in [5, 5.41) is 7.65. The van der Waals surface area contributed by atoms with Gasteiger partial charge in [-0.1, -0.05) is 12.1 Å². The van der Waals surface area contributed by atoms with Crippen molar-refractivity contribution < 1.29 is 0 Å². The van der Waals surface area contributed by atoms with Crippen molar-refractivity contribution in [3.05, 3.63) is 52.2 Å². The molecule has 15 heavy (non-hydrogen) atoms. The van der Waals surface area contributed by atoms with Crippen molar-refractivity contribution in [2.24, 2.45) is 0 Å². The molecule has 3 N–H and O–H groups in total. The summed E-state index contributed by atoms with van der Waals surface area (Å²) in [4.78, 5) is 0. The molecule has 3 heteroatoms.